The molecule has 0 aliphatic rings. The summed E-state index contributed by atoms with van der Waals surface area (Å²) in [6.45, 7) is 1.97. The van der Waals surface area contributed by atoms with E-state index in [2.05, 4.69) is 6.92 Å². The van der Waals surface area contributed by atoms with Gasteiger partial charge in [0.1, 0.15) is 15.0 Å². The van der Waals surface area contributed by atoms with E-state index in [0.29, 0.717) is 6.42 Å². The number of hydrogen-bond donors (Lipinski definition) is 0. The van der Waals surface area contributed by atoms with Crippen molar-refractivity contribution in [1.82, 2.24) is 0 Å². The molecule has 0 aliphatic heterocycles. The SMILES string of the molecule is CCCCCCCCCCCCOc1c(F)c(F)c(S(=O)(=O)[O-])c(F)c1F. The second kappa shape index (κ2) is 11.5. The second-order valence-corrected chi connectivity index (χ2v) is 7.72. The molecule has 0 radical (unpaired) electrons. The summed E-state index contributed by atoms with van der Waals surface area (Å²) in [5.74, 6) is -9.97. The van der Waals surface area contributed by atoms with Crippen molar-refractivity contribution in [3.63, 3.8) is 0 Å². The molecule has 0 saturated heterocycles. The highest BCUT2D eigenvalue weighted by atomic mass is 32.2. The molecule has 0 bridgehead atoms. The number of hydrogen-bond acceptors (Lipinski definition) is 4. The largest absolute Gasteiger partial charge is 0.744 e. The van der Waals surface area contributed by atoms with Gasteiger partial charge in [-0.2, -0.15) is 8.78 Å². The molecule has 1 rings (SSSR count). The first-order valence-corrected chi connectivity index (χ1v) is 10.6. The third-order valence-electron chi connectivity index (χ3n) is 4.18. The summed E-state index contributed by atoms with van der Waals surface area (Å²) in [4.78, 5) is -2.18. The van der Waals surface area contributed by atoms with Crippen molar-refractivity contribution in [2.75, 3.05) is 6.61 Å². The molecule has 0 amide bonds. The first-order valence-electron chi connectivity index (χ1n) is 9.16. The number of unbranched alkanes of at least 4 members (excludes halogenated alkanes) is 9. The molecular formula is C18H25F4O4S-. The van der Waals surface area contributed by atoms with Gasteiger partial charge in [-0.3, -0.25) is 0 Å². The summed E-state index contributed by atoms with van der Waals surface area (Å²) in [5.41, 5.74) is 0. The van der Waals surface area contributed by atoms with Crippen LogP contribution in [0.25, 0.3) is 0 Å². The van der Waals surface area contributed by atoms with E-state index in [0.717, 1.165) is 25.7 Å². The maximum atomic E-state index is 13.7. The Hall–Kier alpha value is -1.35. The van der Waals surface area contributed by atoms with Gasteiger partial charge in [0.2, 0.25) is 11.6 Å². The minimum Gasteiger partial charge on any atom is -0.744 e. The van der Waals surface area contributed by atoms with Crippen LogP contribution in [-0.2, 0) is 10.1 Å². The lowest BCUT2D eigenvalue weighted by Crippen LogP contribution is -2.13. The van der Waals surface area contributed by atoms with Crippen LogP contribution in [0.4, 0.5) is 17.6 Å². The predicted octanol–water partition coefficient (Wildman–Crippen LogP) is 5.45. The lowest BCUT2D eigenvalue weighted by molar-refractivity contribution is 0.258. The summed E-state index contributed by atoms with van der Waals surface area (Å²) in [5, 5.41) is 0. The minimum absolute atomic E-state index is 0.188. The molecule has 0 spiro atoms. The van der Waals surface area contributed by atoms with E-state index in [1.54, 1.807) is 0 Å². The van der Waals surface area contributed by atoms with Crippen molar-refractivity contribution in [3.05, 3.63) is 23.3 Å². The highest BCUT2D eigenvalue weighted by molar-refractivity contribution is 7.85. The molecule has 0 aliphatic carbocycles. The fourth-order valence-electron chi connectivity index (χ4n) is 2.70. The zero-order valence-corrected chi connectivity index (χ0v) is 16.1. The first-order chi connectivity index (χ1) is 12.7. The van der Waals surface area contributed by atoms with E-state index in [1.807, 2.05) is 0 Å². The Morgan fingerprint density at radius 1 is 0.741 bits per heavy atom. The molecule has 27 heavy (non-hydrogen) atoms. The average Bonchev–Trinajstić information content (AvgIpc) is 2.59. The molecule has 0 unspecified atom stereocenters. The fraction of sp³-hybridized carbons (Fsp3) is 0.667. The molecule has 1 aromatic rings. The molecule has 0 aromatic heterocycles. The van der Waals surface area contributed by atoms with Crippen molar-refractivity contribution in [3.8, 4) is 5.75 Å². The molecule has 156 valence electrons. The van der Waals surface area contributed by atoms with Crippen LogP contribution in [0.3, 0.4) is 0 Å². The van der Waals surface area contributed by atoms with Gasteiger partial charge in [-0.25, -0.2) is 17.2 Å². The summed E-state index contributed by atoms with van der Waals surface area (Å²) in [6.07, 6.45) is 10.2. The minimum atomic E-state index is -5.71. The monoisotopic (exact) mass is 413 g/mol. The van der Waals surface area contributed by atoms with Crippen molar-refractivity contribution in [1.29, 1.82) is 0 Å². The van der Waals surface area contributed by atoms with Gasteiger partial charge in [0.25, 0.3) is 0 Å². The van der Waals surface area contributed by atoms with Gasteiger partial charge < -0.3 is 9.29 Å². The van der Waals surface area contributed by atoms with E-state index in [4.69, 9.17) is 4.74 Å². The molecule has 0 saturated carbocycles. The zero-order chi connectivity index (χ0) is 20.4. The lowest BCUT2D eigenvalue weighted by Gasteiger charge is -2.14. The standard InChI is InChI=1S/C18H26F4O4S/c1-2-3-4-5-6-7-8-9-10-11-12-26-17-13(19)15(21)18(27(23,24)25)16(22)14(17)20/h2-12H2,1H3,(H,23,24,25)/p-1. The van der Waals surface area contributed by atoms with Gasteiger partial charge in [0, 0.05) is 0 Å². The second-order valence-electron chi connectivity index (χ2n) is 6.40. The van der Waals surface area contributed by atoms with Gasteiger partial charge >= 0.3 is 0 Å². The number of halogens is 4. The van der Waals surface area contributed by atoms with Gasteiger partial charge in [-0.05, 0) is 6.42 Å². The van der Waals surface area contributed by atoms with E-state index in [9.17, 15) is 30.5 Å². The molecule has 9 heteroatoms. The Morgan fingerprint density at radius 3 is 1.56 bits per heavy atom. The Bertz CT molecular complexity index is 679. The first kappa shape index (κ1) is 23.7. The highest BCUT2D eigenvalue weighted by Gasteiger charge is 2.29. The number of rotatable bonds is 13. The van der Waals surface area contributed by atoms with Crippen LogP contribution in [0.2, 0.25) is 0 Å². The maximum absolute atomic E-state index is 13.7. The molecule has 0 heterocycles. The summed E-state index contributed by atoms with van der Waals surface area (Å²) in [6, 6.07) is 0. The van der Waals surface area contributed by atoms with Crippen LogP contribution >= 0.6 is 0 Å². The number of ether oxygens (including phenoxy) is 1. The Morgan fingerprint density at radius 2 is 1.15 bits per heavy atom. The molecule has 1 aromatic carbocycles. The third-order valence-corrected chi connectivity index (χ3v) is 5.04. The van der Waals surface area contributed by atoms with Gasteiger partial charge in [-0.15, -0.1) is 0 Å². The molecule has 0 N–H and O–H groups in total. The van der Waals surface area contributed by atoms with Crippen LogP contribution < -0.4 is 4.74 Å². The van der Waals surface area contributed by atoms with Crippen molar-refractivity contribution in [2.24, 2.45) is 0 Å². The zero-order valence-electron chi connectivity index (χ0n) is 15.3. The molecule has 4 nitrogen and oxygen atoms in total. The smallest absolute Gasteiger partial charge is 0.205 e. The number of benzene rings is 1. The van der Waals surface area contributed by atoms with Crippen LogP contribution in [0.1, 0.15) is 71.1 Å². The maximum Gasteiger partial charge on any atom is 0.205 e. The van der Waals surface area contributed by atoms with Crippen molar-refractivity contribution < 1.29 is 35.3 Å². The van der Waals surface area contributed by atoms with Crippen LogP contribution in [-0.4, -0.2) is 19.6 Å². The summed E-state index contributed by atoms with van der Waals surface area (Å²) < 4.78 is 91.6. The lowest BCUT2D eigenvalue weighted by atomic mass is 10.1. The molecule has 0 atom stereocenters. The Balaban J connectivity index is 2.44. The van der Waals surface area contributed by atoms with Crippen molar-refractivity contribution >= 4 is 10.1 Å². The quantitative estimate of drug-likeness (QED) is 0.187. The van der Waals surface area contributed by atoms with E-state index >= 15 is 0 Å². The Kier molecular flexibility index (Phi) is 10.1. The average molecular weight is 413 g/mol. The molecular weight excluding hydrogens is 388 g/mol. The summed E-state index contributed by atoms with van der Waals surface area (Å²) in [7, 11) is -5.71. The van der Waals surface area contributed by atoms with Crippen LogP contribution in [0, 0.1) is 23.3 Å². The van der Waals surface area contributed by atoms with E-state index in [-0.39, 0.29) is 6.61 Å². The highest BCUT2D eigenvalue weighted by Crippen LogP contribution is 2.32. The van der Waals surface area contributed by atoms with E-state index < -0.39 is 44.0 Å². The van der Waals surface area contributed by atoms with Crippen LogP contribution in [0.15, 0.2) is 4.90 Å². The van der Waals surface area contributed by atoms with Gasteiger partial charge in [0.05, 0.1) is 6.61 Å². The van der Waals surface area contributed by atoms with Crippen molar-refractivity contribution in [2.45, 2.75) is 76.0 Å². The Labute approximate surface area is 157 Å². The van der Waals surface area contributed by atoms with E-state index in [1.165, 1.54) is 32.1 Å². The van der Waals surface area contributed by atoms with Gasteiger partial charge in [0.15, 0.2) is 17.4 Å². The molecule has 0 fully saturated rings. The summed E-state index contributed by atoms with van der Waals surface area (Å²) >= 11 is 0. The fourth-order valence-corrected chi connectivity index (χ4v) is 3.32. The normalized spacial score (nSPS) is 11.8. The third kappa shape index (κ3) is 7.29. The predicted molar refractivity (Wildman–Crippen MR) is 91.6 cm³/mol. The topological polar surface area (TPSA) is 66.4 Å². The van der Waals surface area contributed by atoms with Gasteiger partial charge in [-0.1, -0.05) is 64.7 Å². The van der Waals surface area contributed by atoms with Crippen LogP contribution in [0.5, 0.6) is 5.75 Å².